The summed E-state index contributed by atoms with van der Waals surface area (Å²) in [5.41, 5.74) is -0.112. The molecule has 21 heavy (non-hydrogen) atoms. The molecule has 1 N–H and O–H groups in total. The predicted molar refractivity (Wildman–Crippen MR) is 69.0 cm³/mol. The van der Waals surface area contributed by atoms with E-state index < -0.39 is 23.8 Å². The fourth-order valence-corrected chi connectivity index (χ4v) is 3.89. The summed E-state index contributed by atoms with van der Waals surface area (Å²) in [6.45, 7) is 3.75. The average molecular weight is 294 g/mol. The van der Waals surface area contributed by atoms with E-state index in [0.717, 1.165) is 0 Å². The van der Waals surface area contributed by atoms with E-state index in [-0.39, 0.29) is 35.6 Å². The van der Waals surface area contributed by atoms with Crippen LogP contribution >= 0.6 is 0 Å². The summed E-state index contributed by atoms with van der Waals surface area (Å²) >= 11 is 0. The standard InChI is InChI=1S/C15H18O6/c1-6-12-9-3-7(14(18)19-9)8(16)4-11-15(2,21-11)5-10(12)20-13(6)17/h3,6,8-12,16H,4-5H2,1-2H3/t6-,8-,9-,10+,11-,12+,15+/m1/s1. The van der Waals surface area contributed by atoms with Crippen molar-refractivity contribution >= 4 is 11.9 Å². The van der Waals surface area contributed by atoms with Crippen LogP contribution in [0.5, 0.6) is 0 Å². The SMILES string of the molecule is C[C@H]1C(=O)O[C@H]2C[C@]3(C)O[C@@H]3C[C@@H](O)C3=C[C@@H](OC3=O)[C@@H]21. The summed E-state index contributed by atoms with van der Waals surface area (Å²) in [5, 5.41) is 10.2. The molecule has 2 bridgehead atoms. The van der Waals surface area contributed by atoms with Gasteiger partial charge in [-0.2, -0.15) is 0 Å². The lowest BCUT2D eigenvalue weighted by Gasteiger charge is -2.25. The largest absolute Gasteiger partial charge is 0.462 e. The number of aliphatic hydroxyl groups excluding tert-OH is 1. The topological polar surface area (TPSA) is 85.4 Å². The van der Waals surface area contributed by atoms with Crippen LogP contribution in [0, 0.1) is 11.8 Å². The molecule has 0 spiro atoms. The van der Waals surface area contributed by atoms with Crippen LogP contribution in [0.1, 0.15) is 26.7 Å². The quantitative estimate of drug-likeness (QED) is 0.512. The van der Waals surface area contributed by atoms with Gasteiger partial charge in [0.25, 0.3) is 0 Å². The van der Waals surface area contributed by atoms with Gasteiger partial charge in [0.05, 0.1) is 29.3 Å². The van der Waals surface area contributed by atoms with Crippen molar-refractivity contribution in [3.8, 4) is 0 Å². The highest BCUT2D eigenvalue weighted by molar-refractivity contribution is 5.92. The van der Waals surface area contributed by atoms with Crippen LogP contribution < -0.4 is 0 Å². The van der Waals surface area contributed by atoms with E-state index in [0.29, 0.717) is 12.8 Å². The van der Waals surface area contributed by atoms with Gasteiger partial charge in [-0.25, -0.2) is 4.79 Å². The number of carbonyl (C=O) groups is 2. The molecule has 4 rings (SSSR count). The summed E-state index contributed by atoms with van der Waals surface area (Å²) in [6.07, 6.45) is 0.785. The molecule has 0 unspecified atom stereocenters. The van der Waals surface area contributed by atoms with Gasteiger partial charge in [0.2, 0.25) is 0 Å². The van der Waals surface area contributed by atoms with Crippen molar-refractivity contribution in [1.29, 1.82) is 0 Å². The molecular weight excluding hydrogens is 276 g/mol. The molecule has 0 amide bonds. The molecule has 3 aliphatic heterocycles. The molecule has 6 heteroatoms. The Morgan fingerprint density at radius 1 is 1.33 bits per heavy atom. The zero-order chi connectivity index (χ0) is 14.9. The normalized spacial score (nSPS) is 51.5. The minimum Gasteiger partial charge on any atom is -0.462 e. The third kappa shape index (κ3) is 1.85. The fourth-order valence-electron chi connectivity index (χ4n) is 3.89. The van der Waals surface area contributed by atoms with Crippen molar-refractivity contribution in [3.63, 3.8) is 0 Å². The smallest absolute Gasteiger partial charge is 0.337 e. The van der Waals surface area contributed by atoms with Crippen LogP contribution in [-0.4, -0.2) is 47.1 Å². The third-order valence-electron chi connectivity index (χ3n) is 5.29. The average Bonchev–Trinajstić information content (AvgIpc) is 2.73. The number of hydrogen-bond donors (Lipinski definition) is 1. The molecule has 3 heterocycles. The van der Waals surface area contributed by atoms with Crippen LogP contribution in [0.2, 0.25) is 0 Å². The Balaban J connectivity index is 1.74. The Morgan fingerprint density at radius 2 is 2.10 bits per heavy atom. The van der Waals surface area contributed by atoms with Crippen LogP contribution in [0.15, 0.2) is 11.6 Å². The van der Waals surface area contributed by atoms with E-state index in [2.05, 4.69) is 0 Å². The lowest BCUT2D eigenvalue weighted by molar-refractivity contribution is -0.144. The lowest BCUT2D eigenvalue weighted by atomic mass is 9.81. The van der Waals surface area contributed by atoms with Crippen LogP contribution in [0.3, 0.4) is 0 Å². The van der Waals surface area contributed by atoms with Crippen LogP contribution in [0.4, 0.5) is 0 Å². The van der Waals surface area contributed by atoms with Gasteiger partial charge in [0.1, 0.15) is 12.2 Å². The Bertz CT molecular complexity index is 554. The van der Waals surface area contributed by atoms with Crippen molar-refractivity contribution in [1.82, 2.24) is 0 Å². The first-order valence-electron chi connectivity index (χ1n) is 7.38. The van der Waals surface area contributed by atoms with Gasteiger partial charge in [-0.1, -0.05) is 6.92 Å². The van der Waals surface area contributed by atoms with E-state index >= 15 is 0 Å². The maximum absolute atomic E-state index is 12.0. The second kappa shape index (κ2) is 4.08. The Hall–Kier alpha value is -1.40. The number of epoxide rings is 1. The molecular formula is C15H18O6. The third-order valence-corrected chi connectivity index (χ3v) is 5.29. The van der Waals surface area contributed by atoms with Crippen molar-refractivity contribution in [2.45, 2.75) is 56.7 Å². The zero-order valence-corrected chi connectivity index (χ0v) is 11.9. The maximum atomic E-state index is 12.0. The first kappa shape index (κ1) is 13.3. The number of esters is 2. The molecule has 2 saturated heterocycles. The van der Waals surface area contributed by atoms with Gasteiger partial charge in [0.15, 0.2) is 0 Å². The van der Waals surface area contributed by atoms with Gasteiger partial charge < -0.3 is 19.3 Å². The molecule has 0 aromatic heterocycles. The van der Waals surface area contributed by atoms with Crippen molar-refractivity contribution in [2.75, 3.05) is 0 Å². The van der Waals surface area contributed by atoms with Crippen molar-refractivity contribution in [2.24, 2.45) is 11.8 Å². The highest BCUT2D eigenvalue weighted by Crippen LogP contribution is 2.49. The molecule has 6 nitrogen and oxygen atoms in total. The molecule has 0 aromatic rings. The van der Waals surface area contributed by atoms with E-state index in [1.807, 2.05) is 6.92 Å². The van der Waals surface area contributed by atoms with Crippen molar-refractivity contribution < 1.29 is 28.9 Å². The molecule has 4 aliphatic rings. The van der Waals surface area contributed by atoms with Gasteiger partial charge in [-0.15, -0.1) is 0 Å². The number of rotatable bonds is 0. The summed E-state index contributed by atoms with van der Waals surface area (Å²) in [7, 11) is 0. The van der Waals surface area contributed by atoms with Gasteiger partial charge in [-0.3, -0.25) is 4.79 Å². The highest BCUT2D eigenvalue weighted by atomic mass is 16.6. The second-order valence-electron chi connectivity index (χ2n) is 6.71. The minimum atomic E-state index is -0.876. The summed E-state index contributed by atoms with van der Waals surface area (Å²) in [4.78, 5) is 23.9. The molecule has 2 fully saturated rings. The number of hydrogen-bond acceptors (Lipinski definition) is 6. The fraction of sp³-hybridized carbons (Fsp3) is 0.733. The lowest BCUT2D eigenvalue weighted by Crippen LogP contribution is -2.35. The molecule has 0 aromatic carbocycles. The molecule has 7 atom stereocenters. The van der Waals surface area contributed by atoms with Gasteiger partial charge >= 0.3 is 11.9 Å². The van der Waals surface area contributed by atoms with E-state index in [4.69, 9.17) is 14.2 Å². The van der Waals surface area contributed by atoms with Crippen LogP contribution in [-0.2, 0) is 23.8 Å². The summed E-state index contributed by atoms with van der Waals surface area (Å²) in [6, 6.07) is 0. The molecule has 114 valence electrons. The van der Waals surface area contributed by atoms with Gasteiger partial charge in [-0.05, 0) is 13.0 Å². The first-order chi connectivity index (χ1) is 9.89. The predicted octanol–water partition coefficient (Wildman–Crippen LogP) is 0.328. The molecule has 0 radical (unpaired) electrons. The monoisotopic (exact) mass is 294 g/mol. The minimum absolute atomic E-state index is 0.117. The number of carbonyl (C=O) groups excluding carboxylic acids is 2. The molecule has 0 saturated carbocycles. The number of fused-ring (bicyclic) bond motifs is 4. The Kier molecular flexibility index (Phi) is 2.58. The van der Waals surface area contributed by atoms with Gasteiger partial charge in [0, 0.05) is 18.8 Å². The summed E-state index contributed by atoms with van der Waals surface area (Å²) in [5.74, 6) is -1.31. The Labute approximate surface area is 122 Å². The van der Waals surface area contributed by atoms with E-state index in [1.54, 1.807) is 13.0 Å². The number of ether oxygens (including phenoxy) is 3. The molecule has 1 aliphatic carbocycles. The van der Waals surface area contributed by atoms with Crippen molar-refractivity contribution in [3.05, 3.63) is 11.6 Å². The van der Waals surface area contributed by atoms with E-state index in [9.17, 15) is 14.7 Å². The Morgan fingerprint density at radius 3 is 2.86 bits per heavy atom. The highest BCUT2D eigenvalue weighted by Gasteiger charge is 2.60. The maximum Gasteiger partial charge on any atom is 0.337 e. The van der Waals surface area contributed by atoms with Crippen LogP contribution in [0.25, 0.3) is 0 Å². The summed E-state index contributed by atoms with van der Waals surface area (Å²) < 4.78 is 16.6. The van der Waals surface area contributed by atoms with E-state index in [1.165, 1.54) is 0 Å². The second-order valence-corrected chi connectivity index (χ2v) is 6.71. The number of aliphatic hydroxyl groups is 1. The zero-order valence-electron chi connectivity index (χ0n) is 11.9. The first-order valence-corrected chi connectivity index (χ1v) is 7.38.